The second kappa shape index (κ2) is 5.06. The molecule has 0 amide bonds. The summed E-state index contributed by atoms with van der Waals surface area (Å²) in [5.74, 6) is 0.524. The number of carbonyl (C=O) groups is 1. The summed E-state index contributed by atoms with van der Waals surface area (Å²) < 4.78 is 0. The second-order valence-electron chi connectivity index (χ2n) is 4.45. The van der Waals surface area contributed by atoms with E-state index in [0.29, 0.717) is 16.8 Å². The number of carboxylic acid groups (broad SMARTS) is 1. The molecule has 1 aliphatic rings. The first-order chi connectivity index (χ1) is 8.50. The molecule has 18 heavy (non-hydrogen) atoms. The summed E-state index contributed by atoms with van der Waals surface area (Å²) in [5, 5.41) is 9.70. The van der Waals surface area contributed by atoms with E-state index in [1.54, 1.807) is 0 Å². The molecule has 0 radical (unpaired) electrons. The molecule has 6 heteroatoms. The summed E-state index contributed by atoms with van der Waals surface area (Å²) in [4.78, 5) is 17.6. The van der Waals surface area contributed by atoms with E-state index < -0.39 is 5.97 Å². The Labute approximate surface area is 110 Å². The predicted molar refractivity (Wildman–Crippen MR) is 74.3 cm³/mol. The molecule has 1 aromatic rings. The van der Waals surface area contributed by atoms with Gasteiger partial charge in [0.05, 0.1) is 11.9 Å². The van der Waals surface area contributed by atoms with E-state index in [4.69, 9.17) is 5.73 Å². The molecule has 98 valence electrons. The summed E-state index contributed by atoms with van der Waals surface area (Å²) in [6.45, 7) is 5.06. The standard InChI is InChI=1S/C12H17N3O2S/c1-7-8(2)18-4-3-15(7)11-10(12(16)17)5-9(13)6-14-11/h5-8H,3-4,13H2,1-2H3,(H,16,17). The predicted octanol–water partition coefficient (Wildman–Crippen LogP) is 1.69. The number of carboxylic acids is 1. The van der Waals surface area contributed by atoms with Crippen LogP contribution in [0.3, 0.4) is 0 Å². The molecule has 0 aromatic carbocycles. The number of anilines is 2. The lowest BCUT2D eigenvalue weighted by atomic mass is 10.1. The Morgan fingerprint density at radius 2 is 2.33 bits per heavy atom. The Morgan fingerprint density at radius 1 is 1.61 bits per heavy atom. The first-order valence-electron chi connectivity index (χ1n) is 5.87. The summed E-state index contributed by atoms with van der Waals surface area (Å²) in [6.07, 6.45) is 1.51. The van der Waals surface area contributed by atoms with Crippen molar-refractivity contribution in [1.82, 2.24) is 4.98 Å². The van der Waals surface area contributed by atoms with Crippen LogP contribution < -0.4 is 10.6 Å². The van der Waals surface area contributed by atoms with Gasteiger partial charge in [-0.05, 0) is 13.0 Å². The van der Waals surface area contributed by atoms with E-state index in [2.05, 4.69) is 23.7 Å². The summed E-state index contributed by atoms with van der Waals surface area (Å²) in [6, 6.07) is 1.74. The van der Waals surface area contributed by atoms with Gasteiger partial charge in [0.15, 0.2) is 0 Å². The van der Waals surface area contributed by atoms with Crippen LogP contribution in [0.25, 0.3) is 0 Å². The minimum absolute atomic E-state index is 0.181. The highest BCUT2D eigenvalue weighted by Crippen LogP contribution is 2.30. The molecule has 0 aliphatic carbocycles. The maximum absolute atomic E-state index is 11.3. The zero-order chi connectivity index (χ0) is 13.3. The minimum Gasteiger partial charge on any atom is -0.478 e. The van der Waals surface area contributed by atoms with Crippen LogP contribution in [0.5, 0.6) is 0 Å². The van der Waals surface area contributed by atoms with E-state index >= 15 is 0 Å². The maximum Gasteiger partial charge on any atom is 0.339 e. The third-order valence-electron chi connectivity index (χ3n) is 3.27. The average molecular weight is 267 g/mol. The van der Waals surface area contributed by atoms with Gasteiger partial charge in [-0.15, -0.1) is 0 Å². The Morgan fingerprint density at radius 3 is 3.00 bits per heavy atom. The quantitative estimate of drug-likeness (QED) is 0.849. The van der Waals surface area contributed by atoms with Gasteiger partial charge in [-0.2, -0.15) is 11.8 Å². The Kier molecular flexibility index (Phi) is 3.65. The first-order valence-corrected chi connectivity index (χ1v) is 6.92. The van der Waals surface area contributed by atoms with E-state index in [1.807, 2.05) is 11.8 Å². The van der Waals surface area contributed by atoms with Crippen LogP contribution in [-0.2, 0) is 0 Å². The van der Waals surface area contributed by atoms with Crippen molar-refractivity contribution in [3.05, 3.63) is 17.8 Å². The van der Waals surface area contributed by atoms with Crippen LogP contribution in [0.1, 0.15) is 24.2 Å². The molecule has 2 rings (SSSR count). The zero-order valence-corrected chi connectivity index (χ0v) is 11.3. The molecule has 3 N–H and O–H groups in total. The highest BCUT2D eigenvalue weighted by Gasteiger charge is 2.29. The van der Waals surface area contributed by atoms with Crippen molar-refractivity contribution in [2.75, 3.05) is 22.9 Å². The number of pyridine rings is 1. The molecule has 2 heterocycles. The van der Waals surface area contributed by atoms with Gasteiger partial charge in [0.2, 0.25) is 0 Å². The number of aromatic nitrogens is 1. The lowest BCUT2D eigenvalue weighted by molar-refractivity contribution is 0.0697. The largest absolute Gasteiger partial charge is 0.478 e. The van der Waals surface area contributed by atoms with Crippen LogP contribution in [0.15, 0.2) is 12.3 Å². The molecule has 1 aromatic heterocycles. The van der Waals surface area contributed by atoms with Gasteiger partial charge < -0.3 is 15.7 Å². The Bertz CT molecular complexity index is 467. The monoisotopic (exact) mass is 267 g/mol. The van der Waals surface area contributed by atoms with Crippen molar-refractivity contribution in [2.24, 2.45) is 0 Å². The van der Waals surface area contributed by atoms with Crippen LogP contribution in [0.2, 0.25) is 0 Å². The van der Waals surface area contributed by atoms with Crippen molar-refractivity contribution >= 4 is 29.2 Å². The molecule has 2 unspecified atom stereocenters. The van der Waals surface area contributed by atoms with Crippen LogP contribution in [-0.4, -0.2) is 39.6 Å². The van der Waals surface area contributed by atoms with Crippen LogP contribution in [0.4, 0.5) is 11.5 Å². The molecule has 1 saturated heterocycles. The van der Waals surface area contributed by atoms with Gasteiger partial charge in [0.1, 0.15) is 11.4 Å². The number of nitrogen functional groups attached to an aromatic ring is 1. The number of thioether (sulfide) groups is 1. The second-order valence-corrected chi connectivity index (χ2v) is 5.94. The van der Waals surface area contributed by atoms with Gasteiger partial charge in [0, 0.05) is 23.6 Å². The van der Waals surface area contributed by atoms with Crippen LogP contribution >= 0.6 is 11.8 Å². The number of nitrogens with two attached hydrogens (primary N) is 1. The van der Waals surface area contributed by atoms with Crippen molar-refractivity contribution in [2.45, 2.75) is 25.1 Å². The lowest BCUT2D eigenvalue weighted by Gasteiger charge is -2.38. The molecule has 2 atom stereocenters. The zero-order valence-electron chi connectivity index (χ0n) is 10.5. The van der Waals surface area contributed by atoms with Crippen molar-refractivity contribution in [3.63, 3.8) is 0 Å². The minimum atomic E-state index is -0.983. The summed E-state index contributed by atoms with van der Waals surface area (Å²) >= 11 is 1.90. The highest BCUT2D eigenvalue weighted by molar-refractivity contribution is 8.00. The third kappa shape index (κ3) is 2.38. The molecule has 1 fully saturated rings. The van der Waals surface area contributed by atoms with E-state index in [-0.39, 0.29) is 11.6 Å². The van der Waals surface area contributed by atoms with Gasteiger partial charge in [-0.25, -0.2) is 9.78 Å². The number of aromatic carboxylic acids is 1. The molecular formula is C12H17N3O2S. The van der Waals surface area contributed by atoms with Gasteiger partial charge in [0.25, 0.3) is 0 Å². The third-order valence-corrected chi connectivity index (χ3v) is 4.61. The van der Waals surface area contributed by atoms with Gasteiger partial charge in [-0.3, -0.25) is 0 Å². The topological polar surface area (TPSA) is 79.5 Å². The van der Waals surface area contributed by atoms with Gasteiger partial charge in [-0.1, -0.05) is 6.92 Å². The van der Waals surface area contributed by atoms with Crippen molar-refractivity contribution in [3.8, 4) is 0 Å². The Balaban J connectivity index is 2.40. The van der Waals surface area contributed by atoms with Crippen molar-refractivity contribution in [1.29, 1.82) is 0 Å². The number of hydrogen-bond acceptors (Lipinski definition) is 5. The van der Waals surface area contributed by atoms with E-state index in [1.165, 1.54) is 12.3 Å². The summed E-state index contributed by atoms with van der Waals surface area (Å²) in [7, 11) is 0. The number of nitrogens with zero attached hydrogens (tertiary/aromatic N) is 2. The summed E-state index contributed by atoms with van der Waals surface area (Å²) in [5.41, 5.74) is 6.17. The molecular weight excluding hydrogens is 250 g/mol. The molecule has 0 bridgehead atoms. The maximum atomic E-state index is 11.3. The number of rotatable bonds is 2. The molecule has 0 saturated carbocycles. The normalized spacial score (nSPS) is 24.0. The van der Waals surface area contributed by atoms with E-state index in [0.717, 1.165) is 12.3 Å². The smallest absolute Gasteiger partial charge is 0.339 e. The van der Waals surface area contributed by atoms with Gasteiger partial charge >= 0.3 is 5.97 Å². The number of hydrogen-bond donors (Lipinski definition) is 2. The molecule has 5 nitrogen and oxygen atoms in total. The molecule has 1 aliphatic heterocycles. The fraction of sp³-hybridized carbons (Fsp3) is 0.500. The first kappa shape index (κ1) is 13.0. The lowest BCUT2D eigenvalue weighted by Crippen LogP contribution is -2.45. The van der Waals surface area contributed by atoms with Crippen LogP contribution in [0, 0.1) is 0 Å². The molecule has 0 spiro atoms. The highest BCUT2D eigenvalue weighted by atomic mass is 32.2. The van der Waals surface area contributed by atoms with E-state index in [9.17, 15) is 9.90 Å². The average Bonchev–Trinajstić information content (AvgIpc) is 2.33. The fourth-order valence-corrected chi connectivity index (χ4v) is 3.19. The van der Waals surface area contributed by atoms with Crippen molar-refractivity contribution < 1.29 is 9.90 Å². The SMILES string of the molecule is CC1SCCN(c2ncc(N)cc2C(=O)O)C1C. The fourth-order valence-electron chi connectivity index (χ4n) is 2.09. The Hall–Kier alpha value is -1.43.